The summed E-state index contributed by atoms with van der Waals surface area (Å²) in [5.74, 6) is 3.21. The van der Waals surface area contributed by atoms with E-state index in [1.807, 2.05) is 12.1 Å². The van der Waals surface area contributed by atoms with E-state index in [1.54, 1.807) is 13.2 Å². The van der Waals surface area contributed by atoms with E-state index in [-0.39, 0.29) is 29.4 Å². The highest BCUT2D eigenvalue weighted by atomic mass is 127. The fourth-order valence-electron chi connectivity index (χ4n) is 2.53. The van der Waals surface area contributed by atoms with E-state index in [0.717, 1.165) is 49.9 Å². The van der Waals surface area contributed by atoms with Gasteiger partial charge in [-0.2, -0.15) is 0 Å². The van der Waals surface area contributed by atoms with Crippen LogP contribution in [0.15, 0.2) is 39.9 Å². The molecule has 0 aliphatic rings. The zero-order valence-electron chi connectivity index (χ0n) is 18.2. The third-order valence-electron chi connectivity index (χ3n) is 4.32. The van der Waals surface area contributed by atoms with Gasteiger partial charge in [-0.1, -0.05) is 46.2 Å². The number of oxazole rings is 1. The van der Waals surface area contributed by atoms with Crippen LogP contribution < -0.4 is 15.4 Å². The number of unbranched alkanes of at least 4 members (excludes halogenated alkanes) is 1. The molecule has 1 aromatic carbocycles. The van der Waals surface area contributed by atoms with Crippen LogP contribution in [-0.4, -0.2) is 31.1 Å². The van der Waals surface area contributed by atoms with Crippen LogP contribution in [0, 0.1) is 0 Å². The molecule has 0 aliphatic heterocycles. The van der Waals surface area contributed by atoms with Crippen molar-refractivity contribution < 1.29 is 9.15 Å². The first-order valence-electron chi connectivity index (χ1n) is 10.0. The van der Waals surface area contributed by atoms with Gasteiger partial charge in [-0.15, -0.1) is 24.0 Å². The normalized spacial score (nSPS) is 11.7. The maximum Gasteiger partial charge on any atom is 0.213 e. The van der Waals surface area contributed by atoms with Gasteiger partial charge in [-0.25, -0.2) is 4.98 Å². The number of ether oxygens (including phenoxy) is 1. The second-order valence-corrected chi connectivity index (χ2v) is 7.82. The molecule has 0 bridgehead atoms. The van der Waals surface area contributed by atoms with E-state index < -0.39 is 0 Å². The van der Waals surface area contributed by atoms with E-state index in [1.165, 1.54) is 5.56 Å². The maximum atomic E-state index is 5.79. The zero-order chi connectivity index (χ0) is 20.4. The van der Waals surface area contributed by atoms with Crippen LogP contribution in [-0.2, 0) is 18.4 Å². The van der Waals surface area contributed by atoms with E-state index in [2.05, 4.69) is 60.4 Å². The van der Waals surface area contributed by atoms with Gasteiger partial charge in [0, 0.05) is 19.0 Å². The Morgan fingerprint density at radius 2 is 1.90 bits per heavy atom. The largest absolute Gasteiger partial charge is 0.494 e. The second kappa shape index (κ2) is 12.7. The van der Waals surface area contributed by atoms with Crippen LogP contribution >= 0.6 is 24.0 Å². The van der Waals surface area contributed by atoms with Crippen LogP contribution in [0.25, 0.3) is 0 Å². The van der Waals surface area contributed by atoms with Crippen molar-refractivity contribution in [2.24, 2.45) is 4.99 Å². The van der Waals surface area contributed by atoms with E-state index in [0.29, 0.717) is 12.4 Å². The van der Waals surface area contributed by atoms with Crippen molar-refractivity contribution in [3.8, 4) is 5.75 Å². The molecule has 0 radical (unpaired) electrons. The van der Waals surface area contributed by atoms with Gasteiger partial charge in [0.05, 0.1) is 19.3 Å². The van der Waals surface area contributed by atoms with Crippen molar-refractivity contribution >= 4 is 29.9 Å². The summed E-state index contributed by atoms with van der Waals surface area (Å²) in [6.07, 6.45) is 4.93. The molecule has 0 atom stereocenters. The highest BCUT2D eigenvalue weighted by molar-refractivity contribution is 14.0. The van der Waals surface area contributed by atoms with Gasteiger partial charge in [-0.3, -0.25) is 4.99 Å². The maximum absolute atomic E-state index is 5.79. The van der Waals surface area contributed by atoms with Crippen LogP contribution in [0.2, 0.25) is 0 Å². The number of aromatic nitrogens is 1. The van der Waals surface area contributed by atoms with Crippen molar-refractivity contribution in [1.82, 2.24) is 15.6 Å². The molecule has 1 heterocycles. The molecule has 0 unspecified atom stereocenters. The van der Waals surface area contributed by atoms with Crippen molar-refractivity contribution in [1.29, 1.82) is 0 Å². The third kappa shape index (κ3) is 9.06. The number of nitrogens with zero attached hydrogens (tertiary/aromatic N) is 2. The van der Waals surface area contributed by atoms with Gasteiger partial charge in [0.15, 0.2) is 5.96 Å². The lowest BCUT2D eigenvalue weighted by atomic mass is 9.94. The Morgan fingerprint density at radius 3 is 2.48 bits per heavy atom. The van der Waals surface area contributed by atoms with Crippen LogP contribution in [0.1, 0.15) is 57.8 Å². The SMILES string of the molecule is CCCCOc1ccc(CCNC(=NC)NCc2ncc(C(C)(C)C)o2)cc1.I. The minimum Gasteiger partial charge on any atom is -0.494 e. The summed E-state index contributed by atoms with van der Waals surface area (Å²) in [5.41, 5.74) is 1.22. The molecular weight excluding hydrogens is 479 g/mol. The quantitative estimate of drug-likeness (QED) is 0.220. The minimum atomic E-state index is -0.0399. The third-order valence-corrected chi connectivity index (χ3v) is 4.32. The molecule has 29 heavy (non-hydrogen) atoms. The van der Waals surface area contributed by atoms with Gasteiger partial charge >= 0.3 is 0 Å². The fraction of sp³-hybridized carbons (Fsp3) is 0.545. The number of nitrogens with one attached hydrogen (secondary N) is 2. The molecule has 0 saturated heterocycles. The number of hydrogen-bond acceptors (Lipinski definition) is 4. The van der Waals surface area contributed by atoms with Crippen LogP contribution in [0.5, 0.6) is 5.75 Å². The monoisotopic (exact) mass is 514 g/mol. The molecule has 1 aromatic heterocycles. The molecule has 0 saturated carbocycles. The van der Waals surface area contributed by atoms with Gasteiger partial charge in [0.25, 0.3) is 0 Å². The number of aliphatic imine (C=N–C) groups is 1. The summed E-state index contributed by atoms with van der Waals surface area (Å²) < 4.78 is 11.5. The Kier molecular flexibility index (Phi) is 11.1. The molecule has 2 rings (SSSR count). The smallest absolute Gasteiger partial charge is 0.213 e. The topological polar surface area (TPSA) is 71.7 Å². The first kappa shape index (κ1) is 25.3. The summed E-state index contributed by atoms with van der Waals surface area (Å²) >= 11 is 0. The molecule has 0 aliphatic carbocycles. The predicted molar refractivity (Wildman–Crippen MR) is 129 cm³/mol. The summed E-state index contributed by atoms with van der Waals surface area (Å²) in [4.78, 5) is 8.58. The molecule has 6 nitrogen and oxygen atoms in total. The number of benzene rings is 1. The number of hydrogen-bond donors (Lipinski definition) is 2. The summed E-state index contributed by atoms with van der Waals surface area (Å²) in [5, 5.41) is 6.56. The fourth-order valence-corrected chi connectivity index (χ4v) is 2.53. The molecule has 2 N–H and O–H groups in total. The van der Waals surface area contributed by atoms with Crippen LogP contribution in [0.4, 0.5) is 0 Å². The van der Waals surface area contributed by atoms with Gasteiger partial charge in [-0.05, 0) is 30.5 Å². The lowest BCUT2D eigenvalue weighted by Crippen LogP contribution is -2.37. The van der Waals surface area contributed by atoms with Crippen molar-refractivity contribution in [2.75, 3.05) is 20.2 Å². The average Bonchev–Trinajstić information content (AvgIpc) is 3.15. The molecule has 7 heteroatoms. The van der Waals surface area contributed by atoms with E-state index in [4.69, 9.17) is 9.15 Å². The Balaban J connectivity index is 0.00000420. The lowest BCUT2D eigenvalue weighted by molar-refractivity contribution is 0.309. The van der Waals surface area contributed by atoms with E-state index >= 15 is 0 Å². The predicted octanol–water partition coefficient (Wildman–Crippen LogP) is 4.68. The number of rotatable bonds is 9. The first-order chi connectivity index (χ1) is 13.4. The molecule has 0 spiro atoms. The molecule has 0 fully saturated rings. The molecule has 2 aromatic rings. The van der Waals surface area contributed by atoms with Gasteiger partial charge in [0.2, 0.25) is 5.89 Å². The van der Waals surface area contributed by atoms with Crippen molar-refractivity contribution in [3.63, 3.8) is 0 Å². The minimum absolute atomic E-state index is 0. The molecular formula is C22H35IN4O2. The highest BCUT2D eigenvalue weighted by Gasteiger charge is 2.19. The van der Waals surface area contributed by atoms with Gasteiger partial charge in [0.1, 0.15) is 11.5 Å². The summed E-state index contributed by atoms with van der Waals surface area (Å²) in [6.45, 7) is 10.5. The number of halogens is 1. The Labute approximate surface area is 191 Å². The Bertz CT molecular complexity index is 736. The number of guanidine groups is 1. The van der Waals surface area contributed by atoms with Gasteiger partial charge < -0.3 is 19.8 Å². The molecule has 162 valence electrons. The lowest BCUT2D eigenvalue weighted by Gasteiger charge is -2.13. The zero-order valence-corrected chi connectivity index (χ0v) is 20.6. The van der Waals surface area contributed by atoms with Crippen LogP contribution in [0.3, 0.4) is 0 Å². The van der Waals surface area contributed by atoms with Crippen molar-refractivity contribution in [2.45, 2.75) is 58.9 Å². The summed E-state index contributed by atoms with van der Waals surface area (Å²) in [7, 11) is 1.76. The second-order valence-electron chi connectivity index (χ2n) is 7.82. The highest BCUT2D eigenvalue weighted by Crippen LogP contribution is 2.22. The summed E-state index contributed by atoms with van der Waals surface area (Å²) in [6, 6.07) is 8.29. The Morgan fingerprint density at radius 1 is 1.17 bits per heavy atom. The Hall–Kier alpha value is -1.77. The average molecular weight is 514 g/mol. The van der Waals surface area contributed by atoms with E-state index in [9.17, 15) is 0 Å². The first-order valence-corrected chi connectivity index (χ1v) is 10.0. The standard InChI is InChI=1S/C22H34N4O2.HI/c1-6-7-14-27-18-10-8-17(9-11-18)12-13-24-21(23-5)26-16-20-25-15-19(28-20)22(2,3)4;/h8-11,15H,6-7,12-14,16H2,1-5H3,(H2,23,24,26);1H. The van der Waals surface area contributed by atoms with Crippen molar-refractivity contribution in [3.05, 3.63) is 47.7 Å². The molecule has 0 amide bonds.